The number of carbonyl (C=O) groups excluding carboxylic acids is 1. The topological polar surface area (TPSA) is 23.6 Å². The van der Waals surface area contributed by atoms with E-state index in [1.165, 1.54) is 11.3 Å². The Bertz CT molecular complexity index is 350. The Balaban J connectivity index is 2.42. The summed E-state index contributed by atoms with van der Waals surface area (Å²) in [5.74, 6) is 0.0871. The van der Waals surface area contributed by atoms with Gasteiger partial charge >= 0.3 is 0 Å². The van der Waals surface area contributed by atoms with Crippen LogP contribution in [0.3, 0.4) is 0 Å². The smallest absolute Gasteiger partial charge is 0.263 e. The van der Waals surface area contributed by atoms with Gasteiger partial charge in [0.15, 0.2) is 0 Å². The van der Waals surface area contributed by atoms with Crippen LogP contribution in [0, 0.1) is 0 Å². The molecule has 3 nitrogen and oxygen atoms in total. The van der Waals surface area contributed by atoms with Crippen molar-refractivity contribution < 1.29 is 4.79 Å². The molecule has 1 amide bonds. The zero-order chi connectivity index (χ0) is 12.1. The van der Waals surface area contributed by atoms with Gasteiger partial charge in [0.1, 0.15) is 0 Å². The molecular formula is C11H18N2OS2. The van der Waals surface area contributed by atoms with Gasteiger partial charge in [0.25, 0.3) is 5.91 Å². The van der Waals surface area contributed by atoms with Crippen molar-refractivity contribution in [3.63, 3.8) is 0 Å². The average Bonchev–Trinajstić information content (AvgIpc) is 2.63. The Hall–Kier alpha value is -0.520. The van der Waals surface area contributed by atoms with Crippen LogP contribution in [-0.4, -0.2) is 49.9 Å². The van der Waals surface area contributed by atoms with E-state index >= 15 is 0 Å². The third-order valence-electron chi connectivity index (χ3n) is 2.24. The molecule has 0 saturated heterocycles. The number of nitrogens with zero attached hydrogens (tertiary/aromatic N) is 2. The van der Waals surface area contributed by atoms with E-state index in [4.69, 9.17) is 0 Å². The number of hydrogen-bond acceptors (Lipinski definition) is 4. The Kier molecular flexibility index (Phi) is 5.31. The van der Waals surface area contributed by atoms with Crippen LogP contribution in [0.1, 0.15) is 16.1 Å². The Morgan fingerprint density at radius 3 is 2.56 bits per heavy atom. The molecule has 0 aliphatic carbocycles. The van der Waals surface area contributed by atoms with Crippen LogP contribution in [0.2, 0.25) is 0 Å². The molecule has 0 N–H and O–H groups in total. The maximum Gasteiger partial charge on any atom is 0.263 e. The summed E-state index contributed by atoms with van der Waals surface area (Å²) in [4.78, 5) is 17.4. The first-order valence-electron chi connectivity index (χ1n) is 5.18. The molecule has 1 rings (SSSR count). The summed E-state index contributed by atoms with van der Waals surface area (Å²) < 4.78 is 0. The van der Waals surface area contributed by atoms with Gasteiger partial charge in [-0.25, -0.2) is 0 Å². The molecule has 0 aliphatic rings. The number of thiophene rings is 1. The van der Waals surface area contributed by atoms with Crippen LogP contribution in [0.5, 0.6) is 0 Å². The lowest BCUT2D eigenvalue weighted by Gasteiger charge is -2.17. The molecule has 1 aromatic rings. The summed E-state index contributed by atoms with van der Waals surface area (Å²) in [6, 6.07) is 1.82. The number of amides is 1. The van der Waals surface area contributed by atoms with E-state index in [-0.39, 0.29) is 5.91 Å². The van der Waals surface area contributed by atoms with Gasteiger partial charge in [0, 0.05) is 23.9 Å². The van der Waals surface area contributed by atoms with Gasteiger partial charge in [0.05, 0.1) is 4.88 Å². The monoisotopic (exact) mass is 258 g/mol. The van der Waals surface area contributed by atoms with Gasteiger partial charge < -0.3 is 9.80 Å². The van der Waals surface area contributed by atoms with Gasteiger partial charge in [-0.1, -0.05) is 0 Å². The zero-order valence-electron chi connectivity index (χ0n) is 9.93. The third kappa shape index (κ3) is 4.15. The van der Waals surface area contributed by atoms with E-state index in [0.717, 1.165) is 29.3 Å². The maximum absolute atomic E-state index is 11.9. The summed E-state index contributed by atoms with van der Waals surface area (Å²) in [5, 5.41) is 1.88. The lowest BCUT2D eigenvalue weighted by atomic mass is 10.3. The molecule has 16 heavy (non-hydrogen) atoms. The van der Waals surface area contributed by atoms with Gasteiger partial charge in [-0.3, -0.25) is 4.79 Å². The van der Waals surface area contributed by atoms with Crippen LogP contribution in [0.25, 0.3) is 0 Å². The van der Waals surface area contributed by atoms with Crippen LogP contribution >= 0.6 is 24.0 Å². The van der Waals surface area contributed by atoms with Crippen molar-refractivity contribution in [1.29, 1.82) is 0 Å². The van der Waals surface area contributed by atoms with Gasteiger partial charge in [0.2, 0.25) is 0 Å². The van der Waals surface area contributed by atoms with E-state index in [1.54, 1.807) is 4.90 Å². The first-order chi connectivity index (χ1) is 7.50. The van der Waals surface area contributed by atoms with Crippen molar-refractivity contribution in [2.75, 3.05) is 34.2 Å². The summed E-state index contributed by atoms with van der Waals surface area (Å²) in [6.45, 7) is 1.79. The van der Waals surface area contributed by atoms with Gasteiger partial charge in [-0.05, 0) is 33.1 Å². The first-order valence-corrected chi connectivity index (χ1v) is 6.51. The second-order valence-corrected chi connectivity index (χ2v) is 5.48. The fourth-order valence-electron chi connectivity index (χ4n) is 1.35. The number of rotatable bonds is 5. The van der Waals surface area contributed by atoms with Crippen LogP contribution in [0.4, 0.5) is 0 Å². The van der Waals surface area contributed by atoms with Crippen molar-refractivity contribution in [1.82, 2.24) is 9.80 Å². The van der Waals surface area contributed by atoms with Crippen LogP contribution in [-0.2, 0) is 0 Å². The summed E-state index contributed by atoms with van der Waals surface area (Å²) in [7, 11) is 5.92. The molecular weight excluding hydrogens is 240 g/mol. The average molecular weight is 258 g/mol. The van der Waals surface area contributed by atoms with Crippen LogP contribution < -0.4 is 0 Å². The highest BCUT2D eigenvalue weighted by Crippen LogP contribution is 2.18. The Labute approximate surface area is 106 Å². The molecule has 0 aromatic carbocycles. The van der Waals surface area contributed by atoms with Gasteiger partial charge in [-0.2, -0.15) is 0 Å². The molecule has 0 aliphatic heterocycles. The van der Waals surface area contributed by atoms with Crippen molar-refractivity contribution in [2.45, 2.75) is 11.3 Å². The van der Waals surface area contributed by atoms with E-state index in [0.29, 0.717) is 0 Å². The normalized spacial score (nSPS) is 10.8. The maximum atomic E-state index is 11.9. The largest absolute Gasteiger partial charge is 0.341 e. The third-order valence-corrected chi connectivity index (χ3v) is 3.59. The highest BCUT2D eigenvalue weighted by molar-refractivity contribution is 7.80. The van der Waals surface area contributed by atoms with Crippen LogP contribution in [0.15, 0.2) is 16.3 Å². The number of carbonyl (C=O) groups is 1. The molecule has 1 heterocycles. The first kappa shape index (κ1) is 13.5. The molecule has 0 atom stereocenters. The van der Waals surface area contributed by atoms with E-state index in [9.17, 15) is 4.79 Å². The van der Waals surface area contributed by atoms with Crippen molar-refractivity contribution in [2.24, 2.45) is 0 Å². The van der Waals surface area contributed by atoms with E-state index < -0.39 is 0 Å². The molecule has 5 heteroatoms. The molecule has 0 radical (unpaired) electrons. The minimum Gasteiger partial charge on any atom is -0.341 e. The number of thiol groups is 1. The fourth-order valence-corrected chi connectivity index (χ4v) is 2.49. The van der Waals surface area contributed by atoms with Crippen molar-refractivity contribution >= 4 is 29.9 Å². The quantitative estimate of drug-likeness (QED) is 0.817. The van der Waals surface area contributed by atoms with E-state index in [1.807, 2.05) is 32.6 Å². The molecule has 0 bridgehead atoms. The molecule has 0 spiro atoms. The minimum atomic E-state index is 0.0871. The molecule has 0 fully saturated rings. The second kappa shape index (κ2) is 6.27. The van der Waals surface area contributed by atoms with Crippen molar-refractivity contribution in [3.05, 3.63) is 16.3 Å². The Morgan fingerprint density at radius 2 is 2.06 bits per heavy atom. The molecule has 1 aromatic heterocycles. The Morgan fingerprint density at radius 1 is 1.38 bits per heavy atom. The summed E-state index contributed by atoms with van der Waals surface area (Å²) >= 11 is 5.65. The summed E-state index contributed by atoms with van der Waals surface area (Å²) in [5.41, 5.74) is 0. The second-order valence-electron chi connectivity index (χ2n) is 4.05. The lowest BCUT2D eigenvalue weighted by molar-refractivity contribution is 0.0795. The SMILES string of the molecule is CN(C)CCCN(C)C(=O)c1cc(S)cs1. The predicted molar refractivity (Wildman–Crippen MR) is 71.7 cm³/mol. The summed E-state index contributed by atoms with van der Waals surface area (Å²) in [6.07, 6.45) is 0.994. The predicted octanol–water partition coefficient (Wildman–Crippen LogP) is 2.06. The van der Waals surface area contributed by atoms with E-state index in [2.05, 4.69) is 17.5 Å². The minimum absolute atomic E-state index is 0.0871. The van der Waals surface area contributed by atoms with Crippen molar-refractivity contribution in [3.8, 4) is 0 Å². The lowest BCUT2D eigenvalue weighted by Crippen LogP contribution is -2.29. The van der Waals surface area contributed by atoms with Gasteiger partial charge in [-0.15, -0.1) is 24.0 Å². The number of hydrogen-bond donors (Lipinski definition) is 1. The zero-order valence-corrected chi connectivity index (χ0v) is 11.6. The molecule has 0 unspecified atom stereocenters. The highest BCUT2D eigenvalue weighted by Gasteiger charge is 2.12. The molecule has 90 valence electrons. The molecule has 0 saturated carbocycles. The highest BCUT2D eigenvalue weighted by atomic mass is 32.1. The standard InChI is InChI=1S/C11H18N2OS2/c1-12(2)5-4-6-13(3)11(14)10-7-9(15)8-16-10/h7-8,15H,4-6H2,1-3H3. The fraction of sp³-hybridized carbons (Fsp3) is 0.545.